The van der Waals surface area contributed by atoms with Crippen LogP contribution < -0.4 is 5.32 Å². The molecule has 164 valence electrons. The summed E-state index contributed by atoms with van der Waals surface area (Å²) in [6, 6.07) is 15.3. The van der Waals surface area contributed by atoms with E-state index in [4.69, 9.17) is 4.42 Å². The second kappa shape index (κ2) is 7.95. The molecule has 1 atom stereocenters. The third-order valence-electron chi connectivity index (χ3n) is 4.83. The zero-order valence-electron chi connectivity index (χ0n) is 16.3. The second-order valence-electron chi connectivity index (χ2n) is 6.91. The van der Waals surface area contributed by atoms with Crippen LogP contribution in [0.25, 0.3) is 0 Å². The van der Waals surface area contributed by atoms with E-state index < -0.39 is 35.0 Å². The minimum Gasteiger partial charge on any atom is -0.467 e. The van der Waals surface area contributed by atoms with E-state index in [9.17, 15) is 27.2 Å². The molecule has 0 aliphatic carbocycles. The molecule has 0 bridgehead atoms. The number of furan rings is 1. The van der Waals surface area contributed by atoms with Gasteiger partial charge in [-0.15, -0.1) is 0 Å². The van der Waals surface area contributed by atoms with E-state index in [-0.39, 0.29) is 23.7 Å². The van der Waals surface area contributed by atoms with E-state index in [1.807, 2.05) is 0 Å². The highest BCUT2D eigenvalue weighted by atomic mass is 19.4. The Morgan fingerprint density at radius 3 is 2.34 bits per heavy atom. The number of benzene rings is 2. The molecule has 0 fully saturated rings. The number of nitrogens with zero attached hydrogens (tertiary/aromatic N) is 2. The average Bonchev–Trinajstić information content (AvgIpc) is 3.37. The molecule has 2 heterocycles. The topological polar surface area (TPSA) is 74.9 Å². The van der Waals surface area contributed by atoms with Gasteiger partial charge in [0.15, 0.2) is 0 Å². The fourth-order valence-electron chi connectivity index (χ4n) is 3.29. The summed E-state index contributed by atoms with van der Waals surface area (Å²) in [5.74, 6) is -4.10. The lowest BCUT2D eigenvalue weighted by Crippen LogP contribution is -2.63. The van der Waals surface area contributed by atoms with Crippen molar-refractivity contribution in [1.29, 1.82) is 0 Å². The molecule has 1 aliphatic heterocycles. The van der Waals surface area contributed by atoms with Crippen molar-refractivity contribution >= 4 is 17.6 Å². The van der Waals surface area contributed by atoms with Gasteiger partial charge in [0, 0.05) is 5.56 Å². The van der Waals surface area contributed by atoms with Gasteiger partial charge in [-0.1, -0.05) is 42.5 Å². The maximum Gasteiger partial charge on any atom is 0.442 e. The SMILES string of the molecule is O=C(N[C@]1(C(F)(F)F)N=C(c2ccccc2)N(Cc2ccco2)C1=O)c1ccccc1F. The summed E-state index contributed by atoms with van der Waals surface area (Å²) in [5, 5.41) is 1.64. The van der Waals surface area contributed by atoms with Crippen molar-refractivity contribution in [3.8, 4) is 0 Å². The molecule has 2 aromatic carbocycles. The number of carbonyl (C=O) groups is 2. The number of nitrogens with one attached hydrogen (secondary N) is 1. The van der Waals surface area contributed by atoms with Crippen LogP contribution in [0.3, 0.4) is 0 Å². The molecule has 0 saturated carbocycles. The summed E-state index contributed by atoms with van der Waals surface area (Å²) in [5.41, 5.74) is -4.06. The summed E-state index contributed by atoms with van der Waals surface area (Å²) in [7, 11) is 0. The Morgan fingerprint density at radius 2 is 1.72 bits per heavy atom. The first-order valence-corrected chi connectivity index (χ1v) is 9.36. The second-order valence-corrected chi connectivity index (χ2v) is 6.91. The summed E-state index contributed by atoms with van der Waals surface area (Å²) < 4.78 is 62.1. The van der Waals surface area contributed by atoms with Crippen LogP contribution in [0.15, 0.2) is 82.4 Å². The lowest BCUT2D eigenvalue weighted by atomic mass is 10.1. The quantitative estimate of drug-likeness (QED) is 0.606. The van der Waals surface area contributed by atoms with Crippen LogP contribution in [0.1, 0.15) is 21.7 Å². The Kier molecular flexibility index (Phi) is 5.29. The zero-order valence-corrected chi connectivity index (χ0v) is 16.3. The number of alkyl halides is 3. The number of carbonyl (C=O) groups excluding carboxylic acids is 2. The lowest BCUT2D eigenvalue weighted by Gasteiger charge is -2.29. The molecule has 4 rings (SSSR count). The Morgan fingerprint density at radius 1 is 1.03 bits per heavy atom. The highest BCUT2D eigenvalue weighted by Crippen LogP contribution is 2.39. The smallest absolute Gasteiger partial charge is 0.442 e. The van der Waals surface area contributed by atoms with Gasteiger partial charge in [-0.2, -0.15) is 13.2 Å². The van der Waals surface area contributed by atoms with E-state index in [2.05, 4.69) is 4.99 Å². The van der Waals surface area contributed by atoms with Gasteiger partial charge in [0.2, 0.25) is 0 Å². The van der Waals surface area contributed by atoms with Crippen LogP contribution in [-0.2, 0) is 11.3 Å². The molecule has 1 N–H and O–H groups in total. The van der Waals surface area contributed by atoms with Crippen molar-refractivity contribution in [3.63, 3.8) is 0 Å². The van der Waals surface area contributed by atoms with Crippen LogP contribution in [-0.4, -0.2) is 34.4 Å². The summed E-state index contributed by atoms with van der Waals surface area (Å²) >= 11 is 0. The summed E-state index contributed by atoms with van der Waals surface area (Å²) in [4.78, 5) is 30.2. The van der Waals surface area contributed by atoms with E-state index in [0.717, 1.165) is 17.0 Å². The Hall–Kier alpha value is -3.95. The zero-order chi connectivity index (χ0) is 22.9. The van der Waals surface area contributed by atoms with Gasteiger partial charge >= 0.3 is 11.8 Å². The van der Waals surface area contributed by atoms with Gasteiger partial charge in [0.05, 0.1) is 18.4 Å². The third-order valence-corrected chi connectivity index (χ3v) is 4.83. The van der Waals surface area contributed by atoms with E-state index >= 15 is 0 Å². The largest absolute Gasteiger partial charge is 0.467 e. The van der Waals surface area contributed by atoms with Crippen molar-refractivity contribution in [2.24, 2.45) is 4.99 Å². The number of rotatable bonds is 5. The monoisotopic (exact) mass is 445 g/mol. The Labute approximate surface area is 179 Å². The molecule has 1 aromatic heterocycles. The number of amides is 2. The fourth-order valence-corrected chi connectivity index (χ4v) is 3.29. The number of aliphatic imine (C=N–C) groups is 1. The molecule has 0 unspecified atom stereocenters. The first-order chi connectivity index (χ1) is 15.2. The molecule has 1 aliphatic rings. The maximum atomic E-state index is 14.3. The highest BCUT2D eigenvalue weighted by molar-refractivity contribution is 6.16. The minimum atomic E-state index is -5.32. The van der Waals surface area contributed by atoms with Gasteiger partial charge in [-0.3, -0.25) is 14.5 Å². The molecule has 6 nitrogen and oxygen atoms in total. The molecule has 32 heavy (non-hydrogen) atoms. The molecule has 3 aromatic rings. The molecule has 10 heteroatoms. The van der Waals surface area contributed by atoms with Crippen molar-refractivity contribution in [3.05, 3.63) is 95.7 Å². The van der Waals surface area contributed by atoms with Crippen LogP contribution in [0, 0.1) is 5.82 Å². The van der Waals surface area contributed by atoms with E-state index in [0.29, 0.717) is 0 Å². The molecular weight excluding hydrogens is 430 g/mol. The van der Waals surface area contributed by atoms with E-state index in [1.54, 1.807) is 23.5 Å². The molecule has 0 radical (unpaired) electrons. The number of halogens is 4. The number of amidine groups is 1. The first kappa shape index (κ1) is 21.3. The maximum absolute atomic E-state index is 14.3. The lowest BCUT2D eigenvalue weighted by molar-refractivity contribution is -0.196. The molecule has 2 amide bonds. The van der Waals surface area contributed by atoms with Crippen LogP contribution in [0.5, 0.6) is 0 Å². The Bertz CT molecular complexity index is 1180. The normalized spacial score (nSPS) is 18.6. The van der Waals surface area contributed by atoms with Crippen LogP contribution >= 0.6 is 0 Å². The summed E-state index contributed by atoms with van der Waals surface area (Å²) in [6.07, 6.45) is -4.00. The van der Waals surface area contributed by atoms with Crippen molar-refractivity contribution in [1.82, 2.24) is 10.2 Å². The molecule has 0 spiro atoms. The van der Waals surface area contributed by atoms with Crippen molar-refractivity contribution < 1.29 is 31.6 Å². The minimum absolute atomic E-state index is 0.209. The third kappa shape index (κ3) is 3.64. The fraction of sp³-hybridized carbons (Fsp3) is 0.136. The number of hydrogen-bond acceptors (Lipinski definition) is 4. The van der Waals surface area contributed by atoms with Crippen molar-refractivity contribution in [2.45, 2.75) is 18.4 Å². The van der Waals surface area contributed by atoms with Gasteiger partial charge < -0.3 is 9.73 Å². The average molecular weight is 445 g/mol. The van der Waals surface area contributed by atoms with Crippen LogP contribution in [0.4, 0.5) is 17.6 Å². The predicted octanol–water partition coefficient (Wildman–Crippen LogP) is 3.90. The standard InChI is InChI=1S/C22H15F4N3O3/c23-17-11-5-4-10-16(17)19(30)28-21(22(24,25)26)20(31)29(13-15-9-6-12-32-15)18(27-21)14-7-2-1-3-8-14/h1-12H,13H2,(H,28,30)/t21-/m1/s1. The van der Waals surface area contributed by atoms with E-state index in [1.165, 1.54) is 42.7 Å². The van der Waals surface area contributed by atoms with Gasteiger partial charge in [0.25, 0.3) is 11.8 Å². The Balaban J connectivity index is 1.82. The van der Waals surface area contributed by atoms with Crippen LogP contribution in [0.2, 0.25) is 0 Å². The van der Waals surface area contributed by atoms with Gasteiger partial charge in [-0.05, 0) is 24.3 Å². The van der Waals surface area contributed by atoms with Gasteiger partial charge in [-0.25, -0.2) is 9.38 Å². The highest BCUT2D eigenvalue weighted by Gasteiger charge is 2.67. The van der Waals surface area contributed by atoms with Crippen molar-refractivity contribution in [2.75, 3.05) is 0 Å². The van der Waals surface area contributed by atoms with Gasteiger partial charge in [0.1, 0.15) is 17.4 Å². The summed E-state index contributed by atoms with van der Waals surface area (Å²) in [6.45, 7) is -0.354. The molecule has 0 saturated heterocycles. The molecular formula is C22H15F4N3O3. The first-order valence-electron chi connectivity index (χ1n) is 9.36. The predicted molar refractivity (Wildman–Crippen MR) is 105 cm³/mol. The number of hydrogen-bond donors (Lipinski definition) is 1.